The van der Waals surface area contributed by atoms with E-state index in [2.05, 4.69) is 4.98 Å². The fraction of sp³-hybridized carbons (Fsp3) is 0.176. The number of halogens is 2. The Kier molecular flexibility index (Phi) is 4.97. The van der Waals surface area contributed by atoms with E-state index in [1.807, 2.05) is 0 Å². The van der Waals surface area contributed by atoms with Gasteiger partial charge in [0.1, 0.15) is 11.0 Å². The van der Waals surface area contributed by atoms with Crippen LogP contribution in [0.25, 0.3) is 11.0 Å². The summed E-state index contributed by atoms with van der Waals surface area (Å²) in [5, 5.41) is 9.02. The summed E-state index contributed by atoms with van der Waals surface area (Å²) >= 11 is 5.89. The number of hydrogen-bond donors (Lipinski definition) is 1. The number of carboxylic acid groups (broad SMARTS) is 1. The number of rotatable bonds is 6. The standard InChI is InChI=1S/C17H14ClFN2O4S/c18-16-9-8-15-14(20-16)10-12(2-1-3-17(22)23)21(15)26(24,25)13-6-4-11(19)5-7-13/h4-10H,1-3H2,(H,22,23). The molecule has 0 unspecified atom stereocenters. The van der Waals surface area contributed by atoms with Crippen molar-refractivity contribution in [1.29, 1.82) is 0 Å². The van der Waals surface area contributed by atoms with Crippen LogP contribution < -0.4 is 0 Å². The number of nitrogens with zero attached hydrogens (tertiary/aromatic N) is 2. The topological polar surface area (TPSA) is 89.3 Å². The Labute approximate surface area is 153 Å². The van der Waals surface area contributed by atoms with Crippen LogP contribution >= 0.6 is 11.6 Å². The van der Waals surface area contributed by atoms with Gasteiger partial charge in [-0.2, -0.15) is 0 Å². The van der Waals surface area contributed by atoms with Crippen molar-refractivity contribution in [3.8, 4) is 0 Å². The van der Waals surface area contributed by atoms with E-state index in [9.17, 15) is 17.6 Å². The summed E-state index contributed by atoms with van der Waals surface area (Å²) in [6, 6.07) is 9.08. The zero-order valence-corrected chi connectivity index (χ0v) is 15.0. The second-order valence-electron chi connectivity index (χ2n) is 5.64. The molecule has 0 amide bonds. The molecule has 3 aromatic rings. The van der Waals surface area contributed by atoms with Crippen LogP contribution in [0.1, 0.15) is 18.5 Å². The zero-order chi connectivity index (χ0) is 18.9. The van der Waals surface area contributed by atoms with Gasteiger partial charge in [0.15, 0.2) is 0 Å². The lowest BCUT2D eigenvalue weighted by Gasteiger charge is -2.12. The molecule has 1 N–H and O–H groups in total. The van der Waals surface area contributed by atoms with Crippen LogP contribution in [-0.4, -0.2) is 28.5 Å². The van der Waals surface area contributed by atoms with E-state index in [0.29, 0.717) is 16.7 Å². The summed E-state index contributed by atoms with van der Waals surface area (Å²) in [4.78, 5) is 14.8. The van der Waals surface area contributed by atoms with Crippen LogP contribution in [0.4, 0.5) is 4.39 Å². The molecular formula is C17H14ClFN2O4S. The number of pyridine rings is 1. The Morgan fingerprint density at radius 1 is 1.19 bits per heavy atom. The van der Waals surface area contributed by atoms with Gasteiger partial charge in [0.25, 0.3) is 10.0 Å². The predicted octanol–water partition coefficient (Wildman–Crippen LogP) is 3.47. The zero-order valence-electron chi connectivity index (χ0n) is 13.4. The van der Waals surface area contributed by atoms with Gasteiger partial charge in [-0.15, -0.1) is 0 Å². The fourth-order valence-electron chi connectivity index (χ4n) is 2.68. The number of benzene rings is 1. The van der Waals surface area contributed by atoms with Crippen molar-refractivity contribution in [3.63, 3.8) is 0 Å². The minimum Gasteiger partial charge on any atom is -0.481 e. The van der Waals surface area contributed by atoms with Crippen molar-refractivity contribution < 1.29 is 22.7 Å². The second kappa shape index (κ2) is 7.05. The molecule has 0 aliphatic heterocycles. The van der Waals surface area contributed by atoms with Gasteiger partial charge in [-0.3, -0.25) is 4.79 Å². The molecule has 0 fully saturated rings. The Morgan fingerprint density at radius 2 is 1.88 bits per heavy atom. The lowest BCUT2D eigenvalue weighted by Crippen LogP contribution is -2.16. The number of carbonyl (C=O) groups is 1. The maximum Gasteiger partial charge on any atom is 0.303 e. The molecule has 0 aliphatic carbocycles. The third-order valence-corrected chi connectivity index (χ3v) is 5.82. The highest BCUT2D eigenvalue weighted by Gasteiger charge is 2.23. The third kappa shape index (κ3) is 3.56. The van der Waals surface area contributed by atoms with Gasteiger partial charge in [0.2, 0.25) is 0 Å². The van der Waals surface area contributed by atoms with E-state index in [0.717, 1.165) is 16.1 Å². The predicted molar refractivity (Wildman–Crippen MR) is 94.3 cm³/mol. The highest BCUT2D eigenvalue weighted by molar-refractivity contribution is 7.90. The van der Waals surface area contributed by atoms with Crippen molar-refractivity contribution >= 4 is 38.6 Å². The molecule has 0 saturated heterocycles. The summed E-state index contributed by atoms with van der Waals surface area (Å²) in [5.74, 6) is -1.51. The van der Waals surface area contributed by atoms with Crippen LogP contribution in [0.15, 0.2) is 47.4 Å². The normalized spacial score (nSPS) is 11.8. The maximum absolute atomic E-state index is 13.2. The average molecular weight is 397 g/mol. The van der Waals surface area contributed by atoms with Crippen LogP contribution in [0, 0.1) is 5.82 Å². The number of hydrogen-bond acceptors (Lipinski definition) is 4. The van der Waals surface area contributed by atoms with Crippen molar-refractivity contribution in [2.75, 3.05) is 0 Å². The Hall–Kier alpha value is -2.45. The number of aryl methyl sites for hydroxylation is 1. The molecule has 0 radical (unpaired) electrons. The average Bonchev–Trinajstić information content (AvgIpc) is 2.92. The highest BCUT2D eigenvalue weighted by atomic mass is 35.5. The largest absolute Gasteiger partial charge is 0.481 e. The van der Waals surface area contributed by atoms with Gasteiger partial charge < -0.3 is 5.11 Å². The van der Waals surface area contributed by atoms with Crippen molar-refractivity contribution in [3.05, 3.63) is 59.1 Å². The van der Waals surface area contributed by atoms with Gasteiger partial charge in [0, 0.05) is 12.1 Å². The summed E-state index contributed by atoms with van der Waals surface area (Å²) in [7, 11) is -4.01. The van der Waals surface area contributed by atoms with E-state index in [-0.39, 0.29) is 29.3 Å². The molecule has 1 aromatic carbocycles. The molecule has 9 heteroatoms. The van der Waals surface area contributed by atoms with Crippen molar-refractivity contribution in [2.24, 2.45) is 0 Å². The van der Waals surface area contributed by atoms with Crippen molar-refractivity contribution in [2.45, 2.75) is 24.2 Å². The second-order valence-corrected chi connectivity index (χ2v) is 7.82. The van der Waals surface area contributed by atoms with Crippen LogP contribution in [0.2, 0.25) is 5.15 Å². The van der Waals surface area contributed by atoms with E-state index in [1.165, 1.54) is 24.3 Å². The van der Waals surface area contributed by atoms with E-state index < -0.39 is 21.8 Å². The van der Waals surface area contributed by atoms with Crippen molar-refractivity contribution in [1.82, 2.24) is 8.96 Å². The molecular weight excluding hydrogens is 383 g/mol. The minimum absolute atomic E-state index is 0.0779. The minimum atomic E-state index is -4.01. The quantitative estimate of drug-likeness (QED) is 0.644. The summed E-state index contributed by atoms with van der Waals surface area (Å²) < 4.78 is 40.4. The monoisotopic (exact) mass is 396 g/mol. The van der Waals surface area contributed by atoms with Crippen LogP contribution in [0.5, 0.6) is 0 Å². The summed E-state index contributed by atoms with van der Waals surface area (Å²) in [6.45, 7) is 0. The van der Waals surface area contributed by atoms with Gasteiger partial charge >= 0.3 is 5.97 Å². The van der Waals surface area contributed by atoms with Crippen LogP contribution in [-0.2, 0) is 21.2 Å². The molecule has 3 rings (SSSR count). The van der Waals surface area contributed by atoms with Gasteiger partial charge in [-0.25, -0.2) is 21.8 Å². The van der Waals surface area contributed by atoms with Gasteiger partial charge in [0.05, 0.1) is 15.9 Å². The van der Waals surface area contributed by atoms with E-state index >= 15 is 0 Å². The summed E-state index contributed by atoms with van der Waals surface area (Å²) in [6.07, 6.45) is 0.394. The maximum atomic E-state index is 13.2. The molecule has 0 spiro atoms. The Bertz CT molecular complexity index is 1080. The molecule has 6 nitrogen and oxygen atoms in total. The van der Waals surface area contributed by atoms with Gasteiger partial charge in [-0.1, -0.05) is 11.6 Å². The first-order valence-electron chi connectivity index (χ1n) is 7.69. The van der Waals surface area contributed by atoms with E-state index in [4.69, 9.17) is 16.7 Å². The first-order valence-corrected chi connectivity index (χ1v) is 9.50. The highest BCUT2D eigenvalue weighted by Crippen LogP contribution is 2.27. The van der Waals surface area contributed by atoms with Crippen LogP contribution in [0.3, 0.4) is 0 Å². The number of aliphatic carboxylic acids is 1. The molecule has 136 valence electrons. The Morgan fingerprint density at radius 3 is 2.54 bits per heavy atom. The summed E-state index contributed by atoms with van der Waals surface area (Å²) in [5.41, 5.74) is 1.10. The fourth-order valence-corrected chi connectivity index (χ4v) is 4.39. The SMILES string of the molecule is O=C(O)CCCc1cc2nc(Cl)ccc2n1S(=O)(=O)c1ccc(F)cc1. The van der Waals surface area contributed by atoms with Gasteiger partial charge in [-0.05, 0) is 55.3 Å². The lowest BCUT2D eigenvalue weighted by molar-refractivity contribution is -0.137. The molecule has 2 heterocycles. The number of aromatic nitrogens is 2. The molecule has 0 bridgehead atoms. The Balaban J connectivity index is 2.15. The number of fused-ring (bicyclic) bond motifs is 1. The number of carboxylic acids is 1. The molecule has 0 atom stereocenters. The third-order valence-electron chi connectivity index (χ3n) is 3.83. The molecule has 0 aliphatic rings. The first kappa shape index (κ1) is 18.3. The first-order chi connectivity index (χ1) is 12.3. The lowest BCUT2D eigenvalue weighted by atomic mass is 10.2. The smallest absolute Gasteiger partial charge is 0.303 e. The molecule has 26 heavy (non-hydrogen) atoms. The molecule has 0 saturated carbocycles. The molecule has 2 aromatic heterocycles. The van der Waals surface area contributed by atoms with E-state index in [1.54, 1.807) is 6.07 Å².